The van der Waals surface area contributed by atoms with Gasteiger partial charge in [0.15, 0.2) is 0 Å². The SMILES string of the molecule is O=C(O)[C@H]1Cc2cc(F)ccc2S1. The lowest BCUT2D eigenvalue weighted by molar-refractivity contribution is -0.136. The average Bonchev–Trinajstić information content (AvgIpc) is 2.46. The van der Waals surface area contributed by atoms with E-state index >= 15 is 0 Å². The Hall–Kier alpha value is -1.03. The number of rotatable bonds is 1. The molecule has 1 aliphatic heterocycles. The zero-order chi connectivity index (χ0) is 9.42. The maximum Gasteiger partial charge on any atom is 0.317 e. The molecule has 0 saturated heterocycles. The highest BCUT2D eigenvalue weighted by atomic mass is 32.2. The van der Waals surface area contributed by atoms with Crippen LogP contribution in [0.15, 0.2) is 23.1 Å². The molecular formula is C9H7FO2S. The number of carbonyl (C=O) groups is 1. The molecule has 0 spiro atoms. The van der Waals surface area contributed by atoms with E-state index in [1.165, 1.54) is 23.9 Å². The van der Waals surface area contributed by atoms with Crippen molar-refractivity contribution in [1.29, 1.82) is 0 Å². The minimum absolute atomic E-state index is 0.301. The quantitative estimate of drug-likeness (QED) is 0.749. The largest absolute Gasteiger partial charge is 0.480 e. The Morgan fingerprint density at radius 1 is 1.62 bits per heavy atom. The van der Waals surface area contributed by atoms with Gasteiger partial charge in [0.2, 0.25) is 0 Å². The van der Waals surface area contributed by atoms with Crippen LogP contribution in [0.4, 0.5) is 4.39 Å². The van der Waals surface area contributed by atoms with Crippen molar-refractivity contribution < 1.29 is 14.3 Å². The third-order valence-corrected chi connectivity index (χ3v) is 3.28. The molecule has 0 fully saturated rings. The third kappa shape index (κ3) is 1.54. The standard InChI is InChI=1S/C9H7FO2S/c10-6-1-2-7-5(3-6)4-8(13-7)9(11)12/h1-3,8H,4H2,(H,11,12)/t8-/m1/s1. The zero-order valence-corrected chi connectivity index (χ0v) is 7.47. The first kappa shape index (κ1) is 8.56. The fraction of sp³-hybridized carbons (Fsp3) is 0.222. The van der Waals surface area contributed by atoms with Gasteiger partial charge in [0.1, 0.15) is 11.1 Å². The molecule has 1 aliphatic rings. The monoisotopic (exact) mass is 198 g/mol. The van der Waals surface area contributed by atoms with Gasteiger partial charge in [-0.25, -0.2) is 4.39 Å². The molecule has 0 aliphatic carbocycles. The molecule has 0 aromatic heterocycles. The Bertz CT molecular complexity index is 365. The Kier molecular flexibility index (Phi) is 2.00. The van der Waals surface area contributed by atoms with Crippen LogP contribution in [0.2, 0.25) is 0 Å². The number of fused-ring (bicyclic) bond motifs is 1. The summed E-state index contributed by atoms with van der Waals surface area (Å²) < 4.78 is 12.7. The van der Waals surface area contributed by atoms with E-state index in [1.54, 1.807) is 6.07 Å². The van der Waals surface area contributed by atoms with Gasteiger partial charge in [0.05, 0.1) is 0 Å². The van der Waals surface area contributed by atoms with E-state index in [-0.39, 0.29) is 5.82 Å². The fourth-order valence-corrected chi connectivity index (χ4v) is 2.47. The summed E-state index contributed by atoms with van der Waals surface area (Å²) in [6, 6.07) is 4.40. The molecule has 0 unspecified atom stereocenters. The highest BCUT2D eigenvalue weighted by Gasteiger charge is 2.27. The van der Waals surface area contributed by atoms with Gasteiger partial charge in [-0.05, 0) is 30.2 Å². The Labute approximate surface area is 78.8 Å². The van der Waals surface area contributed by atoms with Crippen molar-refractivity contribution in [3.63, 3.8) is 0 Å². The normalized spacial score (nSPS) is 19.9. The smallest absolute Gasteiger partial charge is 0.317 e. The van der Waals surface area contributed by atoms with Crippen molar-refractivity contribution in [2.24, 2.45) is 0 Å². The summed E-state index contributed by atoms with van der Waals surface area (Å²) in [5.74, 6) is -1.13. The first-order valence-corrected chi connectivity index (χ1v) is 4.72. The molecule has 1 N–H and O–H groups in total. The lowest BCUT2D eigenvalue weighted by Crippen LogP contribution is -2.14. The van der Waals surface area contributed by atoms with Crippen LogP contribution in [0.1, 0.15) is 5.56 Å². The van der Waals surface area contributed by atoms with E-state index in [0.29, 0.717) is 6.42 Å². The Morgan fingerprint density at radius 2 is 2.38 bits per heavy atom. The Balaban J connectivity index is 2.30. The predicted octanol–water partition coefficient (Wildman–Crippen LogP) is 1.93. The highest BCUT2D eigenvalue weighted by molar-refractivity contribution is 8.01. The number of aliphatic carboxylic acids is 1. The van der Waals surface area contributed by atoms with Crippen LogP contribution < -0.4 is 0 Å². The number of benzene rings is 1. The van der Waals surface area contributed by atoms with Gasteiger partial charge in [0.25, 0.3) is 0 Å². The molecule has 1 atom stereocenters. The minimum Gasteiger partial charge on any atom is -0.480 e. The molecule has 13 heavy (non-hydrogen) atoms. The van der Waals surface area contributed by atoms with Crippen LogP contribution in [-0.2, 0) is 11.2 Å². The number of hydrogen-bond acceptors (Lipinski definition) is 2. The zero-order valence-electron chi connectivity index (χ0n) is 6.66. The maximum absolute atomic E-state index is 12.7. The number of thioether (sulfide) groups is 1. The summed E-state index contributed by atoms with van der Waals surface area (Å²) in [5.41, 5.74) is 0.803. The molecule has 68 valence electrons. The Morgan fingerprint density at radius 3 is 3.08 bits per heavy atom. The van der Waals surface area contributed by atoms with Crippen LogP contribution in [0.25, 0.3) is 0 Å². The van der Waals surface area contributed by atoms with Crippen LogP contribution in [-0.4, -0.2) is 16.3 Å². The van der Waals surface area contributed by atoms with Crippen molar-refractivity contribution in [3.8, 4) is 0 Å². The fourth-order valence-electron chi connectivity index (χ4n) is 1.35. The van der Waals surface area contributed by atoms with Gasteiger partial charge in [0, 0.05) is 4.90 Å². The van der Waals surface area contributed by atoms with E-state index in [0.717, 1.165) is 10.5 Å². The molecule has 1 aromatic rings. The topological polar surface area (TPSA) is 37.3 Å². The summed E-state index contributed by atoms with van der Waals surface area (Å²) in [5, 5.41) is 8.29. The van der Waals surface area contributed by atoms with Gasteiger partial charge in [-0.2, -0.15) is 0 Å². The molecule has 0 bridgehead atoms. The van der Waals surface area contributed by atoms with Gasteiger partial charge in [-0.3, -0.25) is 4.79 Å². The van der Waals surface area contributed by atoms with E-state index in [9.17, 15) is 9.18 Å². The maximum atomic E-state index is 12.7. The van der Waals surface area contributed by atoms with Crippen molar-refractivity contribution in [3.05, 3.63) is 29.6 Å². The van der Waals surface area contributed by atoms with Crippen LogP contribution in [0.5, 0.6) is 0 Å². The van der Waals surface area contributed by atoms with Crippen molar-refractivity contribution >= 4 is 17.7 Å². The lowest BCUT2D eigenvalue weighted by atomic mass is 10.1. The van der Waals surface area contributed by atoms with E-state index in [2.05, 4.69) is 0 Å². The number of carboxylic acids is 1. The second kappa shape index (κ2) is 3.03. The number of hydrogen-bond donors (Lipinski definition) is 1. The second-order valence-corrected chi connectivity index (χ2v) is 4.15. The van der Waals surface area contributed by atoms with Crippen LogP contribution >= 0.6 is 11.8 Å². The van der Waals surface area contributed by atoms with Crippen molar-refractivity contribution in [1.82, 2.24) is 0 Å². The molecule has 2 nitrogen and oxygen atoms in total. The lowest BCUT2D eigenvalue weighted by Gasteiger charge is -1.97. The number of halogens is 1. The van der Waals surface area contributed by atoms with E-state index < -0.39 is 11.2 Å². The molecule has 4 heteroatoms. The number of carboxylic acid groups (broad SMARTS) is 1. The van der Waals surface area contributed by atoms with Crippen molar-refractivity contribution in [2.45, 2.75) is 16.6 Å². The first-order chi connectivity index (χ1) is 6.16. The predicted molar refractivity (Wildman–Crippen MR) is 47.4 cm³/mol. The van der Waals surface area contributed by atoms with Crippen LogP contribution in [0.3, 0.4) is 0 Å². The highest BCUT2D eigenvalue weighted by Crippen LogP contribution is 2.37. The molecule has 0 radical (unpaired) electrons. The third-order valence-electron chi connectivity index (χ3n) is 1.97. The molecule has 0 amide bonds. The van der Waals surface area contributed by atoms with Crippen LogP contribution in [0, 0.1) is 5.82 Å². The molecule has 2 rings (SSSR count). The molecule has 0 saturated carbocycles. The summed E-state index contributed by atoms with van der Waals surface area (Å²) in [6.07, 6.45) is 0.424. The second-order valence-electron chi connectivity index (χ2n) is 2.90. The average molecular weight is 198 g/mol. The minimum atomic E-state index is -0.832. The summed E-state index contributed by atoms with van der Waals surface area (Å²) in [7, 11) is 0. The van der Waals surface area contributed by atoms with Crippen molar-refractivity contribution in [2.75, 3.05) is 0 Å². The first-order valence-electron chi connectivity index (χ1n) is 3.85. The molecule has 1 heterocycles. The van der Waals surface area contributed by atoms with Gasteiger partial charge >= 0.3 is 5.97 Å². The summed E-state index contributed by atoms with van der Waals surface area (Å²) in [6.45, 7) is 0. The summed E-state index contributed by atoms with van der Waals surface area (Å²) in [4.78, 5) is 11.5. The molecule has 1 aromatic carbocycles. The van der Waals surface area contributed by atoms with E-state index in [1.807, 2.05) is 0 Å². The van der Waals surface area contributed by atoms with Gasteiger partial charge in [-0.15, -0.1) is 11.8 Å². The van der Waals surface area contributed by atoms with Gasteiger partial charge in [-0.1, -0.05) is 0 Å². The van der Waals surface area contributed by atoms with E-state index in [4.69, 9.17) is 5.11 Å². The summed E-state index contributed by atoms with van der Waals surface area (Å²) >= 11 is 1.29. The molecular weight excluding hydrogens is 191 g/mol. The van der Waals surface area contributed by atoms with Gasteiger partial charge < -0.3 is 5.11 Å².